The van der Waals surface area contributed by atoms with Crippen LogP contribution in [0.2, 0.25) is 0 Å². The number of aromatic nitrogens is 3. The molecule has 1 unspecified atom stereocenters. The Morgan fingerprint density at radius 1 is 1.40 bits per heavy atom. The summed E-state index contributed by atoms with van der Waals surface area (Å²) in [5.41, 5.74) is 3.43. The lowest BCUT2D eigenvalue weighted by atomic mass is 10.2. The molecule has 0 spiro atoms. The highest BCUT2D eigenvalue weighted by molar-refractivity contribution is 9.10. The molecule has 6 heteroatoms. The van der Waals surface area contributed by atoms with Gasteiger partial charge in [-0.3, -0.25) is 4.68 Å². The molecule has 0 saturated carbocycles. The van der Waals surface area contributed by atoms with Crippen molar-refractivity contribution in [3.63, 3.8) is 0 Å². The van der Waals surface area contributed by atoms with Crippen molar-refractivity contribution in [2.24, 2.45) is 7.05 Å². The molecular weight excluding hydrogens is 336 g/mol. The predicted octanol–water partition coefficient (Wildman–Crippen LogP) is 3.67. The number of rotatable bonds is 5. The van der Waals surface area contributed by atoms with E-state index in [1.807, 2.05) is 11.7 Å². The molecule has 2 heterocycles. The van der Waals surface area contributed by atoms with E-state index in [0.29, 0.717) is 6.04 Å². The van der Waals surface area contributed by atoms with Crippen LogP contribution in [-0.2, 0) is 20.0 Å². The molecule has 0 saturated heterocycles. The van der Waals surface area contributed by atoms with Crippen molar-refractivity contribution in [1.82, 2.24) is 20.1 Å². The zero-order valence-electron chi connectivity index (χ0n) is 12.6. The maximum absolute atomic E-state index is 4.52. The van der Waals surface area contributed by atoms with Crippen molar-refractivity contribution in [2.75, 3.05) is 0 Å². The molecule has 0 aromatic carbocycles. The van der Waals surface area contributed by atoms with Crippen molar-refractivity contribution in [2.45, 2.75) is 46.7 Å². The van der Waals surface area contributed by atoms with Gasteiger partial charge in [-0.05, 0) is 43.1 Å². The number of hydrogen-bond donors (Lipinski definition) is 1. The van der Waals surface area contributed by atoms with Crippen LogP contribution in [-0.4, -0.2) is 14.8 Å². The minimum atomic E-state index is 0.299. The lowest BCUT2D eigenvalue weighted by Crippen LogP contribution is -2.20. The Balaban J connectivity index is 2.09. The van der Waals surface area contributed by atoms with E-state index >= 15 is 0 Å². The third-order valence-electron chi connectivity index (χ3n) is 3.41. The van der Waals surface area contributed by atoms with E-state index in [1.165, 1.54) is 10.6 Å². The van der Waals surface area contributed by atoms with Crippen LogP contribution in [0.3, 0.4) is 0 Å². The Hall–Kier alpha value is -0.720. The Bertz CT molecular complexity index is 603. The molecule has 0 aliphatic rings. The lowest BCUT2D eigenvalue weighted by molar-refractivity contribution is 0.550. The number of halogens is 1. The summed E-state index contributed by atoms with van der Waals surface area (Å²) in [6.45, 7) is 9.23. The van der Waals surface area contributed by atoms with E-state index in [2.05, 4.69) is 59.0 Å². The summed E-state index contributed by atoms with van der Waals surface area (Å²) in [6, 6.07) is 0.299. The fraction of sp³-hybridized carbons (Fsp3) is 0.571. The van der Waals surface area contributed by atoms with Crippen molar-refractivity contribution in [3.8, 4) is 0 Å². The maximum Gasteiger partial charge on any atom is 0.0900 e. The van der Waals surface area contributed by atoms with Gasteiger partial charge in [-0.25, -0.2) is 4.98 Å². The molecule has 2 aromatic rings. The number of nitrogens with one attached hydrogen (secondary N) is 1. The average Bonchev–Trinajstić information content (AvgIpc) is 2.87. The Morgan fingerprint density at radius 3 is 2.60 bits per heavy atom. The van der Waals surface area contributed by atoms with Gasteiger partial charge in [-0.1, -0.05) is 6.92 Å². The first-order valence-corrected chi connectivity index (χ1v) is 8.42. The van der Waals surface area contributed by atoms with Crippen LogP contribution in [0, 0.1) is 13.8 Å². The topological polar surface area (TPSA) is 42.7 Å². The van der Waals surface area contributed by atoms with E-state index < -0.39 is 0 Å². The van der Waals surface area contributed by atoms with Gasteiger partial charge in [0, 0.05) is 24.5 Å². The van der Waals surface area contributed by atoms with Gasteiger partial charge >= 0.3 is 0 Å². The highest BCUT2D eigenvalue weighted by Crippen LogP contribution is 2.26. The highest BCUT2D eigenvalue weighted by atomic mass is 79.9. The number of nitrogens with zero attached hydrogens (tertiary/aromatic N) is 3. The van der Waals surface area contributed by atoms with E-state index in [0.717, 1.165) is 33.8 Å². The fourth-order valence-electron chi connectivity index (χ4n) is 2.30. The second-order valence-corrected chi connectivity index (χ2v) is 7.00. The maximum atomic E-state index is 4.52. The van der Waals surface area contributed by atoms with Crippen LogP contribution in [0.4, 0.5) is 0 Å². The molecule has 20 heavy (non-hydrogen) atoms. The summed E-state index contributed by atoms with van der Waals surface area (Å²) in [5.74, 6) is 0. The van der Waals surface area contributed by atoms with Crippen LogP contribution in [0.25, 0.3) is 0 Å². The molecular formula is C14H21BrN4S. The number of thiazole rings is 1. The largest absolute Gasteiger partial charge is 0.304 e. The fourth-order valence-corrected chi connectivity index (χ4v) is 4.01. The number of hydrogen-bond acceptors (Lipinski definition) is 4. The highest BCUT2D eigenvalue weighted by Gasteiger charge is 2.16. The van der Waals surface area contributed by atoms with Crippen LogP contribution in [0.5, 0.6) is 0 Å². The Labute approximate surface area is 132 Å². The smallest absolute Gasteiger partial charge is 0.0900 e. The van der Waals surface area contributed by atoms with Gasteiger partial charge in [-0.2, -0.15) is 5.10 Å². The van der Waals surface area contributed by atoms with Crippen LogP contribution >= 0.6 is 27.3 Å². The molecule has 0 fully saturated rings. The molecule has 0 aliphatic carbocycles. The normalized spacial score (nSPS) is 12.9. The molecule has 0 aliphatic heterocycles. The van der Waals surface area contributed by atoms with E-state index in [1.54, 1.807) is 11.3 Å². The summed E-state index contributed by atoms with van der Waals surface area (Å²) in [4.78, 5) is 5.81. The van der Waals surface area contributed by atoms with Crippen molar-refractivity contribution in [1.29, 1.82) is 0 Å². The van der Waals surface area contributed by atoms with Gasteiger partial charge in [0.05, 0.1) is 26.6 Å². The minimum absolute atomic E-state index is 0.299. The third kappa shape index (κ3) is 3.13. The third-order valence-corrected chi connectivity index (χ3v) is 5.58. The average molecular weight is 357 g/mol. The summed E-state index contributed by atoms with van der Waals surface area (Å²) in [7, 11) is 1.99. The molecule has 2 rings (SSSR count). The van der Waals surface area contributed by atoms with Crippen molar-refractivity contribution in [3.05, 3.63) is 31.4 Å². The molecule has 110 valence electrons. The number of aryl methyl sites for hydroxylation is 4. The van der Waals surface area contributed by atoms with Gasteiger partial charge in [0.25, 0.3) is 0 Å². The first kappa shape index (κ1) is 15.7. The van der Waals surface area contributed by atoms with Crippen LogP contribution in [0.1, 0.15) is 46.9 Å². The Morgan fingerprint density at radius 2 is 2.10 bits per heavy atom. The summed E-state index contributed by atoms with van der Waals surface area (Å²) in [5, 5.41) is 9.22. The molecule has 0 radical (unpaired) electrons. The van der Waals surface area contributed by atoms with Gasteiger partial charge in [-0.15, -0.1) is 11.3 Å². The van der Waals surface area contributed by atoms with Crippen LogP contribution in [0.15, 0.2) is 4.47 Å². The molecule has 1 atom stereocenters. The molecule has 1 N–H and O–H groups in total. The Kier molecular flexibility index (Phi) is 4.99. The zero-order chi connectivity index (χ0) is 14.9. The summed E-state index contributed by atoms with van der Waals surface area (Å²) >= 11 is 5.42. The molecule has 0 bridgehead atoms. The van der Waals surface area contributed by atoms with E-state index in [9.17, 15) is 0 Å². The first-order valence-electron chi connectivity index (χ1n) is 6.81. The van der Waals surface area contributed by atoms with Gasteiger partial charge in [0.1, 0.15) is 0 Å². The summed E-state index contributed by atoms with van der Waals surface area (Å²) < 4.78 is 3.08. The molecule has 2 aromatic heterocycles. The van der Waals surface area contributed by atoms with Crippen molar-refractivity contribution < 1.29 is 0 Å². The van der Waals surface area contributed by atoms with E-state index in [-0.39, 0.29) is 0 Å². The predicted molar refractivity (Wildman–Crippen MR) is 87.1 cm³/mol. The lowest BCUT2D eigenvalue weighted by Gasteiger charge is -2.13. The minimum Gasteiger partial charge on any atom is -0.304 e. The van der Waals surface area contributed by atoms with E-state index in [4.69, 9.17) is 0 Å². The second-order valence-electron chi connectivity index (χ2n) is 4.97. The summed E-state index contributed by atoms with van der Waals surface area (Å²) in [6.07, 6.45) is 0.942. The first-order chi connectivity index (χ1) is 9.43. The standard InChI is InChI=1S/C14H21BrN4S/c1-6-11-13(15)12(19(5)18-11)7-16-8(2)14-9(3)17-10(4)20-14/h8,16H,6-7H2,1-5H3. The van der Waals surface area contributed by atoms with Gasteiger partial charge in [0.15, 0.2) is 0 Å². The van der Waals surface area contributed by atoms with Crippen LogP contribution < -0.4 is 5.32 Å². The molecule has 4 nitrogen and oxygen atoms in total. The van der Waals surface area contributed by atoms with Gasteiger partial charge < -0.3 is 5.32 Å². The van der Waals surface area contributed by atoms with Gasteiger partial charge in [0.2, 0.25) is 0 Å². The zero-order valence-corrected chi connectivity index (χ0v) is 15.0. The quantitative estimate of drug-likeness (QED) is 0.888. The SMILES string of the molecule is CCc1nn(C)c(CNC(C)c2sc(C)nc2C)c1Br. The second kappa shape index (κ2) is 6.37. The molecule has 0 amide bonds. The monoisotopic (exact) mass is 356 g/mol. The van der Waals surface area contributed by atoms with Crippen molar-refractivity contribution >= 4 is 27.3 Å².